The van der Waals surface area contributed by atoms with Gasteiger partial charge in [-0.15, -0.1) is 0 Å². The van der Waals surface area contributed by atoms with Gasteiger partial charge in [0, 0.05) is 11.6 Å². The number of nitrogens with one attached hydrogen (secondary N) is 1. The number of hydrogen-bond donors (Lipinski definition) is 1. The van der Waals surface area contributed by atoms with Crippen molar-refractivity contribution in [2.24, 2.45) is 0 Å². The second-order valence-electron chi connectivity index (χ2n) is 3.60. The third kappa shape index (κ3) is 2.59. The SMILES string of the molecule is CC[C@@H](C)NC(=O)c1ccccc1C. The highest BCUT2D eigenvalue weighted by molar-refractivity contribution is 5.95. The summed E-state index contributed by atoms with van der Waals surface area (Å²) in [4.78, 5) is 11.7. The highest BCUT2D eigenvalue weighted by Gasteiger charge is 2.09. The van der Waals surface area contributed by atoms with E-state index >= 15 is 0 Å². The van der Waals surface area contributed by atoms with Crippen molar-refractivity contribution in [3.05, 3.63) is 35.4 Å². The fourth-order valence-corrected chi connectivity index (χ4v) is 1.23. The van der Waals surface area contributed by atoms with Crippen molar-refractivity contribution in [3.63, 3.8) is 0 Å². The van der Waals surface area contributed by atoms with Crippen molar-refractivity contribution >= 4 is 5.91 Å². The molecule has 1 amide bonds. The quantitative estimate of drug-likeness (QED) is 0.781. The number of benzene rings is 1. The topological polar surface area (TPSA) is 29.1 Å². The van der Waals surface area contributed by atoms with E-state index in [0.29, 0.717) is 0 Å². The molecule has 14 heavy (non-hydrogen) atoms. The van der Waals surface area contributed by atoms with E-state index in [9.17, 15) is 4.79 Å². The van der Waals surface area contributed by atoms with Crippen LogP contribution in [-0.2, 0) is 0 Å². The third-order valence-electron chi connectivity index (χ3n) is 2.38. The second-order valence-corrected chi connectivity index (χ2v) is 3.60. The largest absolute Gasteiger partial charge is 0.350 e. The van der Waals surface area contributed by atoms with Crippen LogP contribution in [0.15, 0.2) is 24.3 Å². The molecule has 1 N–H and O–H groups in total. The van der Waals surface area contributed by atoms with Crippen LogP contribution < -0.4 is 5.32 Å². The molecule has 1 aromatic rings. The normalized spacial score (nSPS) is 12.2. The van der Waals surface area contributed by atoms with Crippen LogP contribution in [0.25, 0.3) is 0 Å². The molecular formula is C12H17NO. The predicted molar refractivity (Wildman–Crippen MR) is 58.4 cm³/mol. The second kappa shape index (κ2) is 4.80. The molecule has 0 aliphatic heterocycles. The van der Waals surface area contributed by atoms with Crippen molar-refractivity contribution in [2.45, 2.75) is 33.2 Å². The number of aryl methyl sites for hydroxylation is 1. The molecule has 1 rings (SSSR count). The highest BCUT2D eigenvalue weighted by Crippen LogP contribution is 2.07. The average Bonchev–Trinajstić information content (AvgIpc) is 2.18. The van der Waals surface area contributed by atoms with E-state index in [4.69, 9.17) is 0 Å². The molecule has 0 saturated heterocycles. The van der Waals surface area contributed by atoms with E-state index in [1.54, 1.807) is 0 Å². The average molecular weight is 191 g/mol. The minimum atomic E-state index is 0.0254. The molecule has 0 aromatic heterocycles. The van der Waals surface area contributed by atoms with E-state index in [2.05, 4.69) is 12.2 Å². The molecule has 0 heterocycles. The summed E-state index contributed by atoms with van der Waals surface area (Å²) >= 11 is 0. The summed E-state index contributed by atoms with van der Waals surface area (Å²) in [6.07, 6.45) is 0.956. The Labute approximate surface area is 85.3 Å². The Hall–Kier alpha value is -1.31. The zero-order valence-electron chi connectivity index (χ0n) is 9.00. The van der Waals surface area contributed by atoms with E-state index in [1.165, 1.54) is 0 Å². The third-order valence-corrected chi connectivity index (χ3v) is 2.38. The number of carbonyl (C=O) groups is 1. The lowest BCUT2D eigenvalue weighted by Gasteiger charge is -2.12. The zero-order valence-corrected chi connectivity index (χ0v) is 9.00. The molecule has 0 saturated carbocycles. The van der Waals surface area contributed by atoms with Gasteiger partial charge in [0.2, 0.25) is 0 Å². The number of rotatable bonds is 3. The Morgan fingerprint density at radius 2 is 2.07 bits per heavy atom. The lowest BCUT2D eigenvalue weighted by molar-refractivity contribution is 0.0938. The monoisotopic (exact) mass is 191 g/mol. The standard InChI is InChI=1S/C12H17NO/c1-4-10(3)13-12(14)11-8-6-5-7-9(11)2/h5-8,10H,4H2,1-3H3,(H,13,14)/t10-/m1/s1. The molecule has 2 heteroatoms. The van der Waals surface area contributed by atoms with E-state index in [-0.39, 0.29) is 11.9 Å². The molecule has 0 fully saturated rings. The van der Waals surface area contributed by atoms with Gasteiger partial charge in [-0.05, 0) is 31.9 Å². The van der Waals surface area contributed by atoms with Crippen LogP contribution in [0.5, 0.6) is 0 Å². The van der Waals surface area contributed by atoms with Gasteiger partial charge in [-0.1, -0.05) is 25.1 Å². The molecule has 76 valence electrons. The highest BCUT2D eigenvalue weighted by atomic mass is 16.1. The van der Waals surface area contributed by atoms with Crippen LogP contribution in [0.2, 0.25) is 0 Å². The Balaban J connectivity index is 2.75. The van der Waals surface area contributed by atoms with Crippen molar-refractivity contribution < 1.29 is 4.79 Å². The molecule has 1 atom stereocenters. The first-order chi connectivity index (χ1) is 6.65. The van der Waals surface area contributed by atoms with Crippen LogP contribution >= 0.6 is 0 Å². The van der Waals surface area contributed by atoms with Crippen LogP contribution in [0.3, 0.4) is 0 Å². The van der Waals surface area contributed by atoms with Gasteiger partial charge < -0.3 is 5.32 Å². The Morgan fingerprint density at radius 1 is 1.43 bits per heavy atom. The van der Waals surface area contributed by atoms with Crippen LogP contribution in [0.4, 0.5) is 0 Å². The molecule has 1 aromatic carbocycles. The summed E-state index contributed by atoms with van der Waals surface area (Å²) in [6, 6.07) is 7.87. The predicted octanol–water partition coefficient (Wildman–Crippen LogP) is 2.52. The van der Waals surface area contributed by atoms with Crippen molar-refractivity contribution in [1.29, 1.82) is 0 Å². The number of amides is 1. The van der Waals surface area contributed by atoms with Gasteiger partial charge in [-0.3, -0.25) is 4.79 Å². The van der Waals surface area contributed by atoms with Crippen molar-refractivity contribution in [3.8, 4) is 0 Å². The van der Waals surface area contributed by atoms with Crippen LogP contribution in [0.1, 0.15) is 36.2 Å². The van der Waals surface area contributed by atoms with Crippen molar-refractivity contribution in [2.75, 3.05) is 0 Å². The maximum Gasteiger partial charge on any atom is 0.251 e. The summed E-state index contributed by atoms with van der Waals surface area (Å²) in [6.45, 7) is 6.02. The first-order valence-corrected chi connectivity index (χ1v) is 5.01. The molecule has 2 nitrogen and oxygen atoms in total. The molecule has 0 unspecified atom stereocenters. The lowest BCUT2D eigenvalue weighted by atomic mass is 10.1. The van der Waals surface area contributed by atoms with Gasteiger partial charge in [0.05, 0.1) is 0 Å². The van der Waals surface area contributed by atoms with Gasteiger partial charge in [-0.25, -0.2) is 0 Å². The molecule has 0 aliphatic rings. The van der Waals surface area contributed by atoms with E-state index in [0.717, 1.165) is 17.5 Å². The summed E-state index contributed by atoms with van der Waals surface area (Å²) in [7, 11) is 0. The van der Waals surface area contributed by atoms with Crippen LogP contribution in [0, 0.1) is 6.92 Å². The fraction of sp³-hybridized carbons (Fsp3) is 0.417. The summed E-state index contributed by atoms with van der Waals surface area (Å²) in [5.41, 5.74) is 1.79. The maximum absolute atomic E-state index is 11.7. The molecule has 0 spiro atoms. The fourth-order valence-electron chi connectivity index (χ4n) is 1.23. The zero-order chi connectivity index (χ0) is 10.6. The summed E-state index contributed by atoms with van der Waals surface area (Å²) in [5.74, 6) is 0.0254. The number of carbonyl (C=O) groups excluding carboxylic acids is 1. The molecule has 0 aliphatic carbocycles. The Morgan fingerprint density at radius 3 is 2.64 bits per heavy atom. The lowest BCUT2D eigenvalue weighted by Crippen LogP contribution is -2.32. The van der Waals surface area contributed by atoms with Gasteiger partial charge in [0.25, 0.3) is 5.91 Å². The summed E-state index contributed by atoms with van der Waals surface area (Å²) in [5, 5.41) is 2.95. The Bertz CT molecular complexity index is 320. The number of hydrogen-bond acceptors (Lipinski definition) is 1. The first kappa shape index (κ1) is 10.8. The summed E-state index contributed by atoms with van der Waals surface area (Å²) < 4.78 is 0. The van der Waals surface area contributed by atoms with Gasteiger partial charge in [0.1, 0.15) is 0 Å². The van der Waals surface area contributed by atoms with Gasteiger partial charge >= 0.3 is 0 Å². The van der Waals surface area contributed by atoms with Gasteiger partial charge in [-0.2, -0.15) is 0 Å². The minimum Gasteiger partial charge on any atom is -0.350 e. The Kier molecular flexibility index (Phi) is 3.69. The smallest absolute Gasteiger partial charge is 0.251 e. The maximum atomic E-state index is 11.7. The minimum absolute atomic E-state index is 0.0254. The van der Waals surface area contributed by atoms with E-state index < -0.39 is 0 Å². The molecular weight excluding hydrogens is 174 g/mol. The molecule has 0 bridgehead atoms. The molecule has 0 radical (unpaired) electrons. The van der Waals surface area contributed by atoms with Gasteiger partial charge in [0.15, 0.2) is 0 Å². The van der Waals surface area contributed by atoms with Crippen molar-refractivity contribution in [1.82, 2.24) is 5.32 Å². The first-order valence-electron chi connectivity index (χ1n) is 5.01. The van der Waals surface area contributed by atoms with E-state index in [1.807, 2.05) is 38.1 Å². The van der Waals surface area contributed by atoms with Crippen LogP contribution in [-0.4, -0.2) is 11.9 Å².